The molecule has 2 rings (SSSR count). The van der Waals surface area contributed by atoms with Crippen LogP contribution in [0.1, 0.15) is 38.3 Å². The molecule has 3 atom stereocenters. The maximum Gasteiger partial charge on any atom is 0.0624 e. The summed E-state index contributed by atoms with van der Waals surface area (Å²) in [5, 5.41) is 0. The molecular formula is C11H17N3. The second kappa shape index (κ2) is 3.31. The molecule has 1 aromatic rings. The highest BCUT2D eigenvalue weighted by molar-refractivity contribution is 5.18. The summed E-state index contributed by atoms with van der Waals surface area (Å²) < 4.78 is 0. The smallest absolute Gasteiger partial charge is 0.0624 e. The maximum absolute atomic E-state index is 6.05. The first-order chi connectivity index (χ1) is 6.68. The van der Waals surface area contributed by atoms with E-state index in [0.717, 1.165) is 18.5 Å². The van der Waals surface area contributed by atoms with Crippen molar-refractivity contribution in [3.8, 4) is 0 Å². The Bertz CT molecular complexity index is 312. The number of rotatable bonds is 2. The van der Waals surface area contributed by atoms with Crippen molar-refractivity contribution in [2.24, 2.45) is 11.1 Å². The molecule has 1 heterocycles. The summed E-state index contributed by atoms with van der Waals surface area (Å²) in [4.78, 5) is 8.47. The Hall–Kier alpha value is -0.960. The SMILES string of the molecule is CCC1(C)C(N)CC1c1cnccn1. The fourth-order valence-corrected chi connectivity index (χ4v) is 2.35. The van der Waals surface area contributed by atoms with Crippen molar-refractivity contribution in [1.82, 2.24) is 9.97 Å². The van der Waals surface area contributed by atoms with Gasteiger partial charge in [0.1, 0.15) is 0 Å². The molecule has 0 aliphatic heterocycles. The van der Waals surface area contributed by atoms with Gasteiger partial charge in [0.25, 0.3) is 0 Å². The normalized spacial score (nSPS) is 36.5. The highest BCUT2D eigenvalue weighted by Gasteiger charge is 2.49. The number of hydrogen-bond donors (Lipinski definition) is 1. The second-order valence-electron chi connectivity index (χ2n) is 4.38. The van der Waals surface area contributed by atoms with Gasteiger partial charge in [0, 0.05) is 30.6 Å². The summed E-state index contributed by atoms with van der Waals surface area (Å²) in [5.41, 5.74) is 7.36. The monoisotopic (exact) mass is 191 g/mol. The van der Waals surface area contributed by atoms with Crippen LogP contribution in [0.2, 0.25) is 0 Å². The highest BCUT2D eigenvalue weighted by atomic mass is 14.8. The van der Waals surface area contributed by atoms with Crippen molar-refractivity contribution >= 4 is 0 Å². The number of nitrogens with two attached hydrogens (primary N) is 1. The summed E-state index contributed by atoms with van der Waals surface area (Å²) >= 11 is 0. The average Bonchev–Trinajstić information content (AvgIpc) is 2.25. The molecule has 0 radical (unpaired) electrons. The van der Waals surface area contributed by atoms with Gasteiger partial charge < -0.3 is 5.73 Å². The molecule has 14 heavy (non-hydrogen) atoms. The summed E-state index contributed by atoms with van der Waals surface area (Å²) in [6.45, 7) is 4.45. The second-order valence-corrected chi connectivity index (χ2v) is 4.38. The molecule has 1 fully saturated rings. The highest BCUT2D eigenvalue weighted by Crippen LogP contribution is 2.53. The van der Waals surface area contributed by atoms with Crippen LogP contribution in [0, 0.1) is 5.41 Å². The lowest BCUT2D eigenvalue weighted by atomic mass is 9.55. The Morgan fingerprint density at radius 3 is 2.86 bits per heavy atom. The average molecular weight is 191 g/mol. The topological polar surface area (TPSA) is 51.8 Å². The van der Waals surface area contributed by atoms with Gasteiger partial charge in [0.2, 0.25) is 0 Å². The molecule has 1 aliphatic rings. The first-order valence-corrected chi connectivity index (χ1v) is 5.20. The van der Waals surface area contributed by atoms with Crippen LogP contribution in [0.15, 0.2) is 18.6 Å². The minimum absolute atomic E-state index is 0.218. The third kappa shape index (κ3) is 1.23. The van der Waals surface area contributed by atoms with Gasteiger partial charge in [0.05, 0.1) is 5.69 Å². The van der Waals surface area contributed by atoms with E-state index in [1.807, 2.05) is 6.20 Å². The Morgan fingerprint density at radius 2 is 2.36 bits per heavy atom. The molecule has 0 amide bonds. The van der Waals surface area contributed by atoms with Crippen LogP contribution >= 0.6 is 0 Å². The zero-order chi connectivity index (χ0) is 10.2. The standard InChI is InChI=1S/C11H17N3/c1-3-11(2)8(6-10(11)12)9-7-13-4-5-14-9/h4-5,7-8,10H,3,6,12H2,1-2H3. The van der Waals surface area contributed by atoms with E-state index in [1.54, 1.807) is 12.4 Å². The molecule has 1 aliphatic carbocycles. The van der Waals surface area contributed by atoms with Crippen LogP contribution in [0.3, 0.4) is 0 Å². The van der Waals surface area contributed by atoms with E-state index < -0.39 is 0 Å². The first kappa shape index (κ1) is 9.59. The number of aromatic nitrogens is 2. The Labute approximate surface area is 84.8 Å². The lowest BCUT2D eigenvalue weighted by molar-refractivity contribution is 0.0676. The van der Waals surface area contributed by atoms with E-state index in [-0.39, 0.29) is 5.41 Å². The quantitative estimate of drug-likeness (QED) is 0.774. The van der Waals surface area contributed by atoms with Crippen molar-refractivity contribution in [3.63, 3.8) is 0 Å². The fourth-order valence-electron chi connectivity index (χ4n) is 2.35. The van der Waals surface area contributed by atoms with Crippen molar-refractivity contribution in [2.75, 3.05) is 0 Å². The Kier molecular flexibility index (Phi) is 2.27. The van der Waals surface area contributed by atoms with Gasteiger partial charge in [-0.25, -0.2) is 0 Å². The largest absolute Gasteiger partial charge is 0.327 e. The van der Waals surface area contributed by atoms with Crippen LogP contribution in [-0.4, -0.2) is 16.0 Å². The molecule has 3 nitrogen and oxygen atoms in total. The third-order valence-electron chi connectivity index (χ3n) is 3.83. The molecule has 1 saturated carbocycles. The van der Waals surface area contributed by atoms with Crippen LogP contribution < -0.4 is 5.73 Å². The summed E-state index contributed by atoms with van der Waals surface area (Å²) in [6, 6.07) is 0.319. The number of nitrogens with zero attached hydrogens (tertiary/aromatic N) is 2. The third-order valence-corrected chi connectivity index (χ3v) is 3.83. The van der Waals surface area contributed by atoms with Gasteiger partial charge in [-0.05, 0) is 18.3 Å². The zero-order valence-corrected chi connectivity index (χ0v) is 8.77. The first-order valence-electron chi connectivity index (χ1n) is 5.20. The van der Waals surface area contributed by atoms with Crippen LogP contribution in [0.25, 0.3) is 0 Å². The molecule has 0 bridgehead atoms. The van der Waals surface area contributed by atoms with Crippen LogP contribution in [0.4, 0.5) is 0 Å². The fraction of sp³-hybridized carbons (Fsp3) is 0.636. The molecule has 0 aromatic carbocycles. The molecule has 0 spiro atoms. The van der Waals surface area contributed by atoms with E-state index in [2.05, 4.69) is 23.8 Å². The minimum Gasteiger partial charge on any atom is -0.327 e. The Morgan fingerprint density at radius 1 is 1.57 bits per heavy atom. The predicted molar refractivity (Wildman–Crippen MR) is 55.8 cm³/mol. The minimum atomic E-state index is 0.218. The zero-order valence-electron chi connectivity index (χ0n) is 8.77. The van der Waals surface area contributed by atoms with Gasteiger partial charge in [0.15, 0.2) is 0 Å². The van der Waals surface area contributed by atoms with E-state index in [9.17, 15) is 0 Å². The van der Waals surface area contributed by atoms with Crippen molar-refractivity contribution < 1.29 is 0 Å². The molecule has 3 heteroatoms. The molecule has 3 unspecified atom stereocenters. The molecular weight excluding hydrogens is 174 g/mol. The lowest BCUT2D eigenvalue weighted by Crippen LogP contribution is -2.54. The molecule has 1 aromatic heterocycles. The van der Waals surface area contributed by atoms with E-state index in [1.165, 1.54) is 0 Å². The maximum atomic E-state index is 6.05. The van der Waals surface area contributed by atoms with E-state index >= 15 is 0 Å². The summed E-state index contributed by atoms with van der Waals surface area (Å²) in [7, 11) is 0. The van der Waals surface area contributed by atoms with Gasteiger partial charge in [-0.3, -0.25) is 9.97 Å². The van der Waals surface area contributed by atoms with Crippen LogP contribution in [-0.2, 0) is 0 Å². The number of hydrogen-bond acceptors (Lipinski definition) is 3. The molecule has 0 saturated heterocycles. The van der Waals surface area contributed by atoms with Crippen molar-refractivity contribution in [2.45, 2.75) is 38.6 Å². The van der Waals surface area contributed by atoms with Gasteiger partial charge in [-0.1, -0.05) is 13.8 Å². The predicted octanol–water partition coefficient (Wildman–Crippen LogP) is 1.71. The van der Waals surface area contributed by atoms with Crippen molar-refractivity contribution in [1.29, 1.82) is 0 Å². The summed E-state index contributed by atoms with van der Waals surface area (Å²) in [6.07, 6.45) is 7.49. The summed E-state index contributed by atoms with van der Waals surface area (Å²) in [5.74, 6) is 0.496. The van der Waals surface area contributed by atoms with Gasteiger partial charge in [-0.15, -0.1) is 0 Å². The van der Waals surface area contributed by atoms with Gasteiger partial charge >= 0.3 is 0 Å². The Balaban J connectivity index is 2.23. The van der Waals surface area contributed by atoms with E-state index in [0.29, 0.717) is 12.0 Å². The van der Waals surface area contributed by atoms with Crippen molar-refractivity contribution in [3.05, 3.63) is 24.3 Å². The van der Waals surface area contributed by atoms with Crippen LogP contribution in [0.5, 0.6) is 0 Å². The van der Waals surface area contributed by atoms with E-state index in [4.69, 9.17) is 5.73 Å². The lowest BCUT2D eigenvalue weighted by Gasteiger charge is -2.52. The van der Waals surface area contributed by atoms with Gasteiger partial charge in [-0.2, -0.15) is 0 Å². The molecule has 76 valence electrons. The molecule has 2 N–H and O–H groups in total.